The van der Waals surface area contributed by atoms with Gasteiger partial charge in [-0.05, 0) is 0 Å². The summed E-state index contributed by atoms with van der Waals surface area (Å²) < 4.78 is 76.0. The van der Waals surface area contributed by atoms with Gasteiger partial charge in [0.25, 0.3) is 0 Å². The molecule has 0 rings (SSSR count). The minimum absolute atomic E-state index is 0.500. The Kier molecular flexibility index (Phi) is 7.56. The lowest BCUT2D eigenvalue weighted by Gasteiger charge is -1.87. The third-order valence-corrected chi connectivity index (χ3v) is 0.525. The molecule has 0 atom stereocenters. The van der Waals surface area contributed by atoms with E-state index in [1.807, 2.05) is 0 Å². The molecule has 0 unspecified atom stereocenters. The molecule has 0 amide bonds. The highest BCUT2D eigenvalue weighted by molar-refractivity contribution is 5.19. The van der Waals surface area contributed by atoms with Crippen molar-refractivity contribution in [1.82, 2.24) is 0 Å². The van der Waals surface area contributed by atoms with Gasteiger partial charge in [-0.25, -0.2) is 0 Å². The molecule has 72 valence electrons. The Bertz CT molecular complexity index is 162. The first-order valence-corrected chi connectivity index (χ1v) is 2.26. The van der Waals surface area contributed by atoms with E-state index in [0.29, 0.717) is 7.18 Å². The fourth-order valence-electron chi connectivity index (χ4n) is 0.166. The van der Waals surface area contributed by atoms with Gasteiger partial charge < -0.3 is 0 Å². The molecule has 0 heterocycles. The van der Waals surface area contributed by atoms with Crippen molar-refractivity contribution in [3.63, 3.8) is 0 Å². The Hall–Kier alpha value is -1.01. The zero-order valence-electron chi connectivity index (χ0n) is 5.65. The van der Waals surface area contributed by atoms with E-state index in [2.05, 4.69) is 0 Å². The molecule has 0 aromatic heterocycles. The van der Waals surface area contributed by atoms with Gasteiger partial charge in [-0.15, -0.1) is 0 Å². The monoisotopic (exact) mass is 196 g/mol. The summed E-state index contributed by atoms with van der Waals surface area (Å²) in [6, 6.07) is 0. The van der Waals surface area contributed by atoms with Gasteiger partial charge in [0, 0.05) is 0 Å². The van der Waals surface area contributed by atoms with Crippen LogP contribution in [0.4, 0.5) is 30.7 Å². The van der Waals surface area contributed by atoms with Crippen molar-refractivity contribution in [1.29, 1.82) is 0 Å². The van der Waals surface area contributed by atoms with Crippen molar-refractivity contribution < 1.29 is 30.7 Å². The van der Waals surface area contributed by atoms with Gasteiger partial charge in [0.1, 0.15) is 0 Å². The van der Waals surface area contributed by atoms with Crippen LogP contribution in [-0.4, -0.2) is 7.18 Å². The summed E-state index contributed by atoms with van der Waals surface area (Å²) in [5, 5.41) is 0. The molecule has 0 saturated carbocycles. The Morgan fingerprint density at radius 3 is 0.833 bits per heavy atom. The van der Waals surface area contributed by atoms with E-state index in [1.54, 1.807) is 0 Å². The number of rotatable bonds is 1. The number of allylic oxidation sites excluding steroid dienone is 2. The number of halogens is 7. The molecule has 7 heteroatoms. The summed E-state index contributed by atoms with van der Waals surface area (Å²) in [5.74, 6) is -5.64. The predicted octanol–water partition coefficient (Wildman–Crippen LogP) is 3.73. The van der Waals surface area contributed by atoms with Gasteiger partial charge in [0.2, 0.25) is 11.7 Å². The van der Waals surface area contributed by atoms with Crippen molar-refractivity contribution in [2.45, 2.75) is 0 Å². The van der Waals surface area contributed by atoms with E-state index in [9.17, 15) is 30.7 Å². The lowest BCUT2D eigenvalue weighted by atomic mass is 10.5. The largest absolute Gasteiger partial charge is 0.308 e. The third kappa shape index (κ3) is 4.75. The van der Waals surface area contributed by atoms with E-state index in [4.69, 9.17) is 0 Å². The van der Waals surface area contributed by atoms with E-state index < -0.39 is 23.8 Å². The van der Waals surface area contributed by atoms with Gasteiger partial charge >= 0.3 is 12.2 Å². The number of hydrogen-bond acceptors (Lipinski definition) is 0. The average molecular weight is 196 g/mol. The number of hydrogen-bond donors (Lipinski definition) is 0. The standard InChI is InChI=1S/C4F6.CH3F/c5-1(3(7)8)2(6)4(9)10;1-2/h;1H3. The van der Waals surface area contributed by atoms with E-state index in [1.165, 1.54) is 0 Å². The van der Waals surface area contributed by atoms with Crippen molar-refractivity contribution in [2.75, 3.05) is 7.18 Å². The van der Waals surface area contributed by atoms with Gasteiger partial charge in [-0.2, -0.15) is 26.3 Å². The highest BCUT2D eigenvalue weighted by Gasteiger charge is 2.16. The maximum atomic E-state index is 11.4. The maximum absolute atomic E-state index is 11.4. The summed E-state index contributed by atoms with van der Waals surface area (Å²) in [5.41, 5.74) is 0. The van der Waals surface area contributed by atoms with Crippen LogP contribution in [0.25, 0.3) is 0 Å². The molecule has 0 N–H and O–H groups in total. The van der Waals surface area contributed by atoms with E-state index >= 15 is 0 Å². The molecular formula is C5H3F7. The Labute approximate surface area is 63.0 Å². The zero-order valence-corrected chi connectivity index (χ0v) is 5.65. The predicted molar refractivity (Wildman–Crippen MR) is 27.7 cm³/mol. The smallest absolute Gasteiger partial charge is 0.255 e. The minimum Gasteiger partial charge on any atom is -0.255 e. The van der Waals surface area contributed by atoms with Crippen molar-refractivity contribution >= 4 is 0 Å². The molecule has 12 heavy (non-hydrogen) atoms. The van der Waals surface area contributed by atoms with Crippen LogP contribution in [0.5, 0.6) is 0 Å². The summed E-state index contributed by atoms with van der Waals surface area (Å²) in [7, 11) is 0.500. The second-order valence-electron chi connectivity index (χ2n) is 1.15. The Morgan fingerprint density at radius 1 is 0.583 bits per heavy atom. The van der Waals surface area contributed by atoms with Crippen LogP contribution in [-0.2, 0) is 0 Å². The van der Waals surface area contributed by atoms with E-state index in [0.717, 1.165) is 0 Å². The SMILES string of the molecule is CF.FC(F)=C(F)C(F)=C(F)F. The molecule has 0 spiro atoms. The first-order valence-electron chi connectivity index (χ1n) is 2.26. The quantitative estimate of drug-likeness (QED) is 0.442. The van der Waals surface area contributed by atoms with Crippen LogP contribution >= 0.6 is 0 Å². The van der Waals surface area contributed by atoms with Crippen LogP contribution < -0.4 is 0 Å². The second kappa shape index (κ2) is 6.68. The molecule has 0 aliphatic carbocycles. The Balaban J connectivity index is 0. The molecule has 0 aromatic rings. The van der Waals surface area contributed by atoms with Gasteiger partial charge in [-0.1, -0.05) is 0 Å². The molecule has 0 aromatic carbocycles. The summed E-state index contributed by atoms with van der Waals surface area (Å²) in [6.45, 7) is 0. The first-order chi connectivity index (χ1) is 5.46. The van der Waals surface area contributed by atoms with Crippen molar-refractivity contribution in [3.8, 4) is 0 Å². The second-order valence-corrected chi connectivity index (χ2v) is 1.15. The first kappa shape index (κ1) is 13.6. The lowest BCUT2D eigenvalue weighted by Crippen LogP contribution is -1.78. The van der Waals surface area contributed by atoms with Crippen LogP contribution in [0, 0.1) is 0 Å². The normalized spacial score (nSPS) is 8.00. The number of alkyl halides is 1. The molecule has 0 bridgehead atoms. The zero-order chi connectivity index (χ0) is 10.3. The summed E-state index contributed by atoms with van der Waals surface area (Å²) in [4.78, 5) is 0. The molecule has 0 aliphatic heterocycles. The molecule has 0 radical (unpaired) electrons. The summed E-state index contributed by atoms with van der Waals surface area (Å²) >= 11 is 0. The van der Waals surface area contributed by atoms with Crippen molar-refractivity contribution in [3.05, 3.63) is 23.8 Å². The Morgan fingerprint density at radius 2 is 0.750 bits per heavy atom. The molecular weight excluding hydrogens is 193 g/mol. The van der Waals surface area contributed by atoms with Crippen molar-refractivity contribution in [2.24, 2.45) is 0 Å². The maximum Gasteiger partial charge on any atom is 0.308 e. The fraction of sp³-hybridized carbons (Fsp3) is 0.200. The van der Waals surface area contributed by atoms with Gasteiger partial charge in [0.15, 0.2) is 0 Å². The van der Waals surface area contributed by atoms with E-state index in [-0.39, 0.29) is 0 Å². The van der Waals surface area contributed by atoms with Gasteiger partial charge in [0.05, 0.1) is 7.18 Å². The van der Waals surface area contributed by atoms with Crippen LogP contribution in [0.2, 0.25) is 0 Å². The van der Waals surface area contributed by atoms with Crippen LogP contribution in [0.1, 0.15) is 0 Å². The topological polar surface area (TPSA) is 0 Å². The van der Waals surface area contributed by atoms with Crippen LogP contribution in [0.3, 0.4) is 0 Å². The molecule has 0 saturated heterocycles. The molecule has 0 fully saturated rings. The highest BCUT2D eigenvalue weighted by atomic mass is 19.3. The third-order valence-electron chi connectivity index (χ3n) is 0.525. The molecule has 0 nitrogen and oxygen atoms in total. The minimum atomic E-state index is -3.11. The lowest BCUT2D eigenvalue weighted by molar-refractivity contribution is 0.340. The van der Waals surface area contributed by atoms with Crippen LogP contribution in [0.15, 0.2) is 23.8 Å². The highest BCUT2D eigenvalue weighted by Crippen LogP contribution is 2.23. The average Bonchev–Trinajstić information content (AvgIpc) is 2.05. The van der Waals surface area contributed by atoms with Gasteiger partial charge in [-0.3, -0.25) is 4.39 Å². The fourth-order valence-corrected chi connectivity index (χ4v) is 0.166. The summed E-state index contributed by atoms with van der Waals surface area (Å²) in [6.07, 6.45) is -6.21. The molecule has 0 aliphatic rings.